The van der Waals surface area contributed by atoms with Crippen LogP contribution in [0.3, 0.4) is 0 Å². The topological polar surface area (TPSA) is 71.5 Å². The lowest BCUT2D eigenvalue weighted by Gasteiger charge is -2.26. The second kappa shape index (κ2) is 8.06. The third-order valence-electron chi connectivity index (χ3n) is 3.22. The van der Waals surface area contributed by atoms with Crippen LogP contribution in [0.1, 0.15) is 40.2 Å². The molecule has 1 unspecified atom stereocenters. The van der Waals surface area contributed by atoms with E-state index in [2.05, 4.69) is 10.3 Å². The first-order valence-corrected chi connectivity index (χ1v) is 7.73. The van der Waals surface area contributed by atoms with Gasteiger partial charge in [0.05, 0.1) is 6.04 Å². The lowest BCUT2D eigenvalue weighted by atomic mass is 10.0. The molecule has 1 heterocycles. The number of ether oxygens (including phenoxy) is 1. The van der Waals surface area contributed by atoms with Gasteiger partial charge in [-0.1, -0.05) is 13.8 Å². The number of nitrogens with zero attached hydrogens (tertiary/aromatic N) is 2. The molecule has 0 aliphatic heterocycles. The van der Waals surface area contributed by atoms with Crippen LogP contribution in [0.15, 0.2) is 18.3 Å². The molecule has 6 nitrogen and oxygen atoms in total. The summed E-state index contributed by atoms with van der Waals surface area (Å²) in [6, 6.07) is 3.49. The van der Waals surface area contributed by atoms with Gasteiger partial charge in [0, 0.05) is 12.7 Å². The smallest absolute Gasteiger partial charge is 0.413 e. The van der Waals surface area contributed by atoms with E-state index in [1.54, 1.807) is 33.0 Å². The van der Waals surface area contributed by atoms with Crippen molar-refractivity contribution in [2.75, 3.05) is 12.4 Å². The van der Waals surface area contributed by atoms with Gasteiger partial charge < -0.3 is 9.53 Å². The fourth-order valence-electron chi connectivity index (χ4n) is 2.21. The molecule has 23 heavy (non-hydrogen) atoms. The Morgan fingerprint density at radius 3 is 2.61 bits per heavy atom. The number of carbonyl (C=O) groups excluding carboxylic acids is 2. The molecular weight excluding hydrogens is 294 g/mol. The zero-order valence-corrected chi connectivity index (χ0v) is 14.8. The van der Waals surface area contributed by atoms with Gasteiger partial charge in [0.25, 0.3) is 0 Å². The summed E-state index contributed by atoms with van der Waals surface area (Å²) in [6.07, 6.45) is 2.05. The maximum Gasteiger partial charge on any atom is 0.413 e. The van der Waals surface area contributed by atoms with Gasteiger partial charge in [0.15, 0.2) is 0 Å². The molecule has 128 valence electrons. The number of carbonyl (C=O) groups is 2. The summed E-state index contributed by atoms with van der Waals surface area (Å²) in [5.74, 6) is 0.663. The lowest BCUT2D eigenvalue weighted by Crippen LogP contribution is -2.36. The quantitative estimate of drug-likeness (QED) is 0.815. The average molecular weight is 321 g/mol. The molecule has 0 aliphatic carbocycles. The number of anilines is 1. The number of hydrogen-bond acceptors (Lipinski definition) is 5. The fourth-order valence-corrected chi connectivity index (χ4v) is 2.21. The predicted octanol–water partition coefficient (Wildman–Crippen LogP) is 3.08. The van der Waals surface area contributed by atoms with Crippen LogP contribution in [0.2, 0.25) is 0 Å². The summed E-state index contributed by atoms with van der Waals surface area (Å²) in [5, 5.41) is 2.62. The Kier molecular flexibility index (Phi) is 6.69. The van der Waals surface area contributed by atoms with Crippen molar-refractivity contribution in [2.24, 2.45) is 5.92 Å². The van der Waals surface area contributed by atoms with Gasteiger partial charge in [-0.25, -0.2) is 9.78 Å². The van der Waals surface area contributed by atoms with E-state index in [4.69, 9.17) is 4.74 Å². The van der Waals surface area contributed by atoms with Crippen LogP contribution in [0.25, 0.3) is 0 Å². The summed E-state index contributed by atoms with van der Waals surface area (Å²) >= 11 is 0. The Labute approximate surface area is 138 Å². The van der Waals surface area contributed by atoms with E-state index < -0.39 is 11.7 Å². The summed E-state index contributed by atoms with van der Waals surface area (Å²) in [4.78, 5) is 29.1. The average Bonchev–Trinajstić information content (AvgIpc) is 2.36. The second-order valence-corrected chi connectivity index (χ2v) is 6.96. The van der Waals surface area contributed by atoms with Crippen molar-refractivity contribution in [1.82, 2.24) is 9.88 Å². The van der Waals surface area contributed by atoms with Crippen molar-refractivity contribution >= 4 is 18.2 Å². The van der Waals surface area contributed by atoms with Gasteiger partial charge in [-0.05, 0) is 51.4 Å². The highest BCUT2D eigenvalue weighted by atomic mass is 16.6. The monoisotopic (exact) mass is 321 g/mol. The first-order valence-electron chi connectivity index (χ1n) is 7.73. The molecule has 1 N–H and O–H groups in total. The molecule has 0 spiro atoms. The number of aldehydes is 1. The fraction of sp³-hybridized carbons (Fsp3) is 0.588. The van der Waals surface area contributed by atoms with Crippen molar-refractivity contribution < 1.29 is 14.3 Å². The number of nitrogens with one attached hydrogen (secondary N) is 1. The largest absolute Gasteiger partial charge is 0.444 e. The molecule has 1 aromatic rings. The van der Waals surface area contributed by atoms with Crippen molar-refractivity contribution in [1.29, 1.82) is 0 Å². The van der Waals surface area contributed by atoms with Gasteiger partial charge in [0.1, 0.15) is 17.7 Å². The van der Waals surface area contributed by atoms with Gasteiger partial charge in [-0.15, -0.1) is 0 Å². The number of likely N-dealkylation sites (N-methyl/N-ethyl adjacent to an activating group) is 1. The Bertz CT molecular complexity index is 538. The number of pyridine rings is 1. The van der Waals surface area contributed by atoms with E-state index in [-0.39, 0.29) is 12.0 Å². The molecule has 0 bridgehead atoms. The van der Waals surface area contributed by atoms with E-state index in [0.29, 0.717) is 12.4 Å². The number of hydrogen-bond donors (Lipinski definition) is 1. The van der Waals surface area contributed by atoms with Crippen LogP contribution >= 0.6 is 0 Å². The Hall–Kier alpha value is -1.95. The summed E-state index contributed by atoms with van der Waals surface area (Å²) in [5.41, 5.74) is 0.400. The van der Waals surface area contributed by atoms with Crippen LogP contribution < -0.4 is 5.32 Å². The van der Waals surface area contributed by atoms with Crippen LogP contribution in [0.4, 0.5) is 10.6 Å². The normalized spacial score (nSPS) is 13.0. The Morgan fingerprint density at radius 1 is 1.43 bits per heavy atom. The van der Waals surface area contributed by atoms with Crippen molar-refractivity contribution in [2.45, 2.75) is 52.8 Å². The second-order valence-electron chi connectivity index (χ2n) is 6.96. The molecule has 0 aromatic carbocycles. The molecule has 0 fully saturated rings. The highest BCUT2D eigenvalue weighted by molar-refractivity contribution is 5.83. The molecule has 0 saturated carbocycles. The van der Waals surface area contributed by atoms with Crippen LogP contribution in [0, 0.1) is 5.92 Å². The summed E-state index contributed by atoms with van der Waals surface area (Å²) in [6.45, 7) is 10.0. The highest BCUT2D eigenvalue weighted by Gasteiger charge is 2.19. The number of rotatable bonds is 6. The van der Waals surface area contributed by atoms with E-state index in [1.807, 2.05) is 31.9 Å². The minimum Gasteiger partial charge on any atom is -0.444 e. The van der Waals surface area contributed by atoms with Gasteiger partial charge in [0.2, 0.25) is 0 Å². The van der Waals surface area contributed by atoms with E-state index >= 15 is 0 Å². The van der Waals surface area contributed by atoms with Gasteiger partial charge >= 0.3 is 6.09 Å². The minimum atomic E-state index is -0.559. The molecule has 0 aliphatic rings. The maximum atomic E-state index is 11.8. The van der Waals surface area contributed by atoms with Gasteiger partial charge in [-0.2, -0.15) is 0 Å². The van der Waals surface area contributed by atoms with Crippen LogP contribution in [0.5, 0.6) is 0 Å². The molecule has 6 heteroatoms. The van der Waals surface area contributed by atoms with Crippen molar-refractivity contribution in [3.8, 4) is 0 Å². The molecule has 0 radical (unpaired) electrons. The SMILES string of the molecule is CC(C)C(C=O)N(C)Cc1ccnc(NC(=O)OC(C)(C)C)c1. The predicted molar refractivity (Wildman–Crippen MR) is 90.3 cm³/mol. The zero-order chi connectivity index (χ0) is 17.6. The van der Waals surface area contributed by atoms with Crippen molar-refractivity contribution in [3.63, 3.8) is 0 Å². The number of amides is 1. The molecule has 1 atom stereocenters. The Balaban J connectivity index is 2.73. The van der Waals surface area contributed by atoms with E-state index in [0.717, 1.165) is 11.8 Å². The molecule has 0 saturated heterocycles. The lowest BCUT2D eigenvalue weighted by molar-refractivity contribution is -0.113. The molecule has 1 aromatic heterocycles. The maximum absolute atomic E-state index is 11.8. The van der Waals surface area contributed by atoms with E-state index in [1.165, 1.54) is 0 Å². The summed E-state index contributed by atoms with van der Waals surface area (Å²) in [7, 11) is 1.90. The molecule has 1 amide bonds. The van der Waals surface area contributed by atoms with Crippen molar-refractivity contribution in [3.05, 3.63) is 23.9 Å². The first kappa shape index (κ1) is 19.1. The standard InChI is InChI=1S/C17H27N3O3/c1-12(2)14(11-21)20(6)10-13-7-8-18-15(9-13)19-16(22)23-17(3,4)5/h7-9,11-12,14H,10H2,1-6H3,(H,18,19,22). The first-order chi connectivity index (χ1) is 10.6. The third kappa shape index (κ3) is 6.78. The van der Waals surface area contributed by atoms with Crippen LogP contribution in [-0.2, 0) is 16.1 Å². The van der Waals surface area contributed by atoms with Crippen LogP contribution in [-0.4, -0.2) is 41.0 Å². The number of aromatic nitrogens is 1. The van der Waals surface area contributed by atoms with Gasteiger partial charge in [-0.3, -0.25) is 10.2 Å². The third-order valence-corrected chi connectivity index (χ3v) is 3.22. The highest BCUT2D eigenvalue weighted by Crippen LogP contribution is 2.15. The summed E-state index contributed by atoms with van der Waals surface area (Å²) < 4.78 is 5.20. The molecule has 1 rings (SSSR count). The molecular formula is C17H27N3O3. The minimum absolute atomic E-state index is 0.148. The Morgan fingerprint density at radius 2 is 2.09 bits per heavy atom. The zero-order valence-electron chi connectivity index (χ0n) is 14.8. The van der Waals surface area contributed by atoms with E-state index in [9.17, 15) is 9.59 Å².